The largest absolute Gasteiger partial charge is 0.481 e. The topological polar surface area (TPSA) is 267 Å². The van der Waals surface area contributed by atoms with Gasteiger partial charge in [0, 0.05) is 5.92 Å². The molecule has 0 spiro atoms. The van der Waals surface area contributed by atoms with Crippen molar-refractivity contribution in [2.75, 3.05) is 0 Å². The number of aliphatic hydroxyl groups is 5. The maximum absolute atomic E-state index is 14.8. The Balaban J connectivity index is 1.17. The average molecular weight is 823 g/mol. The second kappa shape index (κ2) is 14.3. The number of carboxylic acid groups (broad SMARTS) is 3. The molecule has 16 heteroatoms. The van der Waals surface area contributed by atoms with Gasteiger partial charge in [0.2, 0.25) is 0 Å². The van der Waals surface area contributed by atoms with Crippen molar-refractivity contribution in [1.29, 1.82) is 0 Å². The molecule has 16 nitrogen and oxygen atoms in total. The predicted molar refractivity (Wildman–Crippen MR) is 199 cm³/mol. The van der Waals surface area contributed by atoms with Crippen LogP contribution in [-0.4, -0.2) is 132 Å². The summed E-state index contributed by atoms with van der Waals surface area (Å²) in [6.45, 7) is 14.8. The average Bonchev–Trinajstić information content (AvgIpc) is 3.13. The number of carbonyl (C=O) groups is 4. The van der Waals surface area contributed by atoms with Crippen LogP contribution in [0.25, 0.3) is 0 Å². The molecule has 326 valence electrons. The maximum atomic E-state index is 14.8. The van der Waals surface area contributed by atoms with Crippen LogP contribution in [-0.2, 0) is 38.1 Å². The van der Waals surface area contributed by atoms with Crippen molar-refractivity contribution in [1.82, 2.24) is 0 Å². The van der Waals surface area contributed by atoms with Gasteiger partial charge in [0.25, 0.3) is 0 Å². The fourth-order valence-corrected chi connectivity index (χ4v) is 13.4. The van der Waals surface area contributed by atoms with Crippen LogP contribution in [0.5, 0.6) is 0 Å². The molecule has 4 saturated carbocycles. The zero-order chi connectivity index (χ0) is 42.9. The van der Waals surface area contributed by atoms with E-state index >= 15 is 0 Å². The number of aliphatic carboxylic acids is 3. The number of aliphatic hydroxyl groups excluding tert-OH is 5. The fraction of sp³-hybridized carbons (Fsp3) is 0.857. The van der Waals surface area contributed by atoms with Crippen LogP contribution in [0, 0.1) is 50.2 Å². The summed E-state index contributed by atoms with van der Waals surface area (Å²) < 4.78 is 23.4. The molecule has 7 aliphatic rings. The van der Waals surface area contributed by atoms with Crippen molar-refractivity contribution < 1.29 is 79.0 Å². The van der Waals surface area contributed by atoms with Crippen LogP contribution in [0.4, 0.5) is 0 Å². The minimum Gasteiger partial charge on any atom is -0.481 e. The Kier molecular flexibility index (Phi) is 10.7. The summed E-state index contributed by atoms with van der Waals surface area (Å²) in [6.07, 6.45) is -12.2. The first kappa shape index (κ1) is 43.5. The highest BCUT2D eigenvalue weighted by Gasteiger charge is 2.71. The van der Waals surface area contributed by atoms with Gasteiger partial charge in [-0.25, -0.2) is 9.59 Å². The van der Waals surface area contributed by atoms with Crippen LogP contribution in [0.2, 0.25) is 0 Å². The first-order chi connectivity index (χ1) is 26.8. The number of ether oxygens (including phenoxy) is 4. The van der Waals surface area contributed by atoms with Gasteiger partial charge in [0.1, 0.15) is 36.6 Å². The lowest BCUT2D eigenvalue weighted by Gasteiger charge is -2.70. The summed E-state index contributed by atoms with van der Waals surface area (Å²) in [6, 6.07) is 0. The summed E-state index contributed by atoms with van der Waals surface area (Å²) in [7, 11) is 0. The van der Waals surface area contributed by atoms with E-state index in [0.717, 1.165) is 37.7 Å². The molecule has 0 aromatic heterocycles. The molecule has 2 saturated heterocycles. The number of rotatable bonds is 7. The summed E-state index contributed by atoms with van der Waals surface area (Å²) >= 11 is 0. The van der Waals surface area contributed by atoms with Gasteiger partial charge in [0.15, 0.2) is 30.6 Å². The van der Waals surface area contributed by atoms with Crippen LogP contribution in [0.15, 0.2) is 11.6 Å². The smallest absolute Gasteiger partial charge is 0.335 e. The van der Waals surface area contributed by atoms with E-state index < -0.39 is 107 Å². The first-order valence-corrected chi connectivity index (χ1v) is 20.7. The third-order valence-corrected chi connectivity index (χ3v) is 17.2. The Labute approximate surface area is 337 Å². The van der Waals surface area contributed by atoms with Crippen LogP contribution in [0.3, 0.4) is 0 Å². The number of carbonyl (C=O) groups excluding carboxylic acids is 1. The van der Waals surface area contributed by atoms with Gasteiger partial charge in [-0.05, 0) is 110 Å². The Morgan fingerprint density at radius 2 is 1.28 bits per heavy atom. The summed E-state index contributed by atoms with van der Waals surface area (Å²) in [4.78, 5) is 51.3. The Morgan fingerprint density at radius 3 is 1.88 bits per heavy atom. The van der Waals surface area contributed by atoms with E-state index in [1.807, 2.05) is 26.8 Å². The quantitative estimate of drug-likeness (QED) is 0.171. The van der Waals surface area contributed by atoms with Gasteiger partial charge in [-0.2, -0.15) is 0 Å². The number of hydrogen-bond donors (Lipinski definition) is 8. The van der Waals surface area contributed by atoms with E-state index in [0.29, 0.717) is 25.7 Å². The van der Waals surface area contributed by atoms with Crippen LogP contribution >= 0.6 is 0 Å². The molecule has 2 aliphatic heterocycles. The molecule has 6 fully saturated rings. The SMILES string of the molecule is CC1(C)[C@@H](O[C@@H]2O[C@H](C(=O)O)[C@H](O)[C@H](O)[C@@H]2O[C@@H]2O[C@H](C(=O)O)[C@H](O)[C@H](O)[C@@H]2O)CC[C@]2(C)[C@H]3C(=O)C=C4[C@H]5C[C@@](C)(C(=O)O)CC[C@]5(C)CC[C@@]4(C)[C@]3(C)CC[C@@H]12. The number of ketones is 1. The number of carboxylic acids is 3. The first-order valence-electron chi connectivity index (χ1n) is 20.7. The van der Waals surface area contributed by atoms with Crippen molar-refractivity contribution in [3.63, 3.8) is 0 Å². The number of hydrogen-bond acceptors (Lipinski definition) is 13. The predicted octanol–water partition coefficient (Wildman–Crippen LogP) is 2.25. The lowest BCUT2D eigenvalue weighted by molar-refractivity contribution is -0.371. The van der Waals surface area contributed by atoms with E-state index in [9.17, 15) is 60.0 Å². The Hall–Kier alpha value is -2.54. The molecule has 0 unspecified atom stereocenters. The lowest BCUT2D eigenvalue weighted by Crippen LogP contribution is -2.68. The van der Waals surface area contributed by atoms with E-state index in [4.69, 9.17) is 18.9 Å². The van der Waals surface area contributed by atoms with Crippen LogP contribution in [0.1, 0.15) is 106 Å². The Bertz CT molecular complexity index is 1730. The van der Waals surface area contributed by atoms with Crippen LogP contribution < -0.4 is 0 Å². The van der Waals surface area contributed by atoms with E-state index in [1.54, 1.807) is 0 Å². The highest BCUT2D eigenvalue weighted by Crippen LogP contribution is 2.75. The van der Waals surface area contributed by atoms with Crippen molar-refractivity contribution in [3.8, 4) is 0 Å². The minimum absolute atomic E-state index is 0.0217. The molecule has 8 N–H and O–H groups in total. The van der Waals surface area contributed by atoms with Gasteiger partial charge in [-0.15, -0.1) is 0 Å². The third-order valence-electron chi connectivity index (χ3n) is 17.2. The van der Waals surface area contributed by atoms with Crippen molar-refractivity contribution in [2.24, 2.45) is 50.2 Å². The summed E-state index contributed by atoms with van der Waals surface area (Å²) in [5.41, 5.74) is -1.81. The molecule has 7 rings (SSSR count). The monoisotopic (exact) mass is 822 g/mol. The molecule has 0 aromatic carbocycles. The molecule has 0 amide bonds. The zero-order valence-electron chi connectivity index (χ0n) is 34.4. The molecule has 0 bridgehead atoms. The number of fused-ring (bicyclic) bond motifs is 7. The molecule has 5 aliphatic carbocycles. The highest BCUT2D eigenvalue weighted by atomic mass is 16.8. The van der Waals surface area contributed by atoms with Gasteiger partial charge < -0.3 is 59.8 Å². The van der Waals surface area contributed by atoms with Gasteiger partial charge in [0.05, 0.1) is 11.5 Å². The summed E-state index contributed by atoms with van der Waals surface area (Å²) in [5, 5.41) is 83.0. The molecule has 0 aromatic rings. The van der Waals surface area contributed by atoms with E-state index in [2.05, 4.69) is 27.7 Å². The van der Waals surface area contributed by atoms with Crippen molar-refractivity contribution in [2.45, 2.75) is 174 Å². The molecule has 0 radical (unpaired) electrons. The highest BCUT2D eigenvalue weighted by molar-refractivity contribution is 5.95. The third kappa shape index (κ3) is 6.25. The lowest BCUT2D eigenvalue weighted by atomic mass is 9.33. The maximum Gasteiger partial charge on any atom is 0.335 e. The van der Waals surface area contributed by atoms with Crippen molar-refractivity contribution in [3.05, 3.63) is 11.6 Å². The molecule has 19 atom stereocenters. The van der Waals surface area contributed by atoms with Crippen molar-refractivity contribution >= 4 is 23.7 Å². The molecule has 58 heavy (non-hydrogen) atoms. The minimum atomic E-state index is -2.05. The van der Waals surface area contributed by atoms with Gasteiger partial charge >= 0.3 is 17.9 Å². The molecule has 2 heterocycles. The zero-order valence-corrected chi connectivity index (χ0v) is 34.4. The standard InChI is InChI=1S/C42H62O16/c1-37(2)21-8-11-42(7)31(20(43)16-18-19-17-39(4,36(53)54)13-12-38(19,3)14-15-41(18,42)6)40(21,5)10-9-22(37)55-35-30(26(47)25(46)29(57-35)33(51)52)58-34-27(48)23(44)24(45)28(56-34)32(49)50/h16,19,21-31,34-35,44-48H,8-15,17H2,1-7H3,(H,49,50)(H,51,52)(H,53,54)/t19-,21+,22+,23+,24-,25-,26+,27+,28+,29+,30+,31-,34+,35-,38-,39+,40+,41-,42-/m1/s1. The normalized spacial score (nSPS) is 52.6. The molecular weight excluding hydrogens is 760 g/mol. The van der Waals surface area contributed by atoms with E-state index in [1.165, 1.54) is 0 Å². The summed E-state index contributed by atoms with van der Waals surface area (Å²) in [5.74, 6) is -4.47. The van der Waals surface area contributed by atoms with Gasteiger partial charge in [-0.1, -0.05) is 47.1 Å². The fourth-order valence-electron chi connectivity index (χ4n) is 13.4. The molecular formula is C42H62O16. The number of allylic oxidation sites excluding steroid dienone is 2. The second-order valence-corrected chi connectivity index (χ2v) is 20.6. The second-order valence-electron chi connectivity index (χ2n) is 20.6. The van der Waals surface area contributed by atoms with E-state index in [-0.39, 0.29) is 34.4 Å². The Morgan fingerprint density at radius 1 is 0.690 bits per heavy atom. The van der Waals surface area contributed by atoms with Gasteiger partial charge in [-0.3, -0.25) is 9.59 Å².